The van der Waals surface area contributed by atoms with Gasteiger partial charge in [0.15, 0.2) is 0 Å². The number of hydrogen-bond acceptors (Lipinski definition) is 2. The van der Waals surface area contributed by atoms with Crippen molar-refractivity contribution in [2.45, 2.75) is 0 Å². The molecule has 0 radical (unpaired) electrons. The van der Waals surface area contributed by atoms with Crippen LogP contribution in [-0.4, -0.2) is 4.98 Å². The summed E-state index contributed by atoms with van der Waals surface area (Å²) in [6, 6.07) is 8.20. The first-order chi connectivity index (χ1) is 6.70. The van der Waals surface area contributed by atoms with Gasteiger partial charge in [-0.3, -0.25) is 0 Å². The highest BCUT2D eigenvalue weighted by atomic mass is 79.9. The number of halogens is 2. The number of nitriles is 1. The fourth-order valence-electron chi connectivity index (χ4n) is 1.18. The second kappa shape index (κ2) is 3.35. The van der Waals surface area contributed by atoms with E-state index in [4.69, 9.17) is 5.26 Å². The molecule has 0 bridgehead atoms. The Balaban J connectivity index is 2.78. The average molecular weight is 251 g/mol. The van der Waals surface area contributed by atoms with Crippen LogP contribution in [0, 0.1) is 17.1 Å². The third kappa shape index (κ3) is 1.47. The smallest absolute Gasteiger partial charge is 0.141 e. The van der Waals surface area contributed by atoms with Crippen LogP contribution in [0.4, 0.5) is 4.39 Å². The summed E-state index contributed by atoms with van der Waals surface area (Å²) in [5.74, 6) is -0.375. The van der Waals surface area contributed by atoms with Crippen molar-refractivity contribution in [2.75, 3.05) is 0 Å². The van der Waals surface area contributed by atoms with Crippen molar-refractivity contribution in [1.82, 2.24) is 4.98 Å². The molecule has 2 aromatic rings. The standard InChI is InChI=1S/C10H4BrFN2/c11-8-3-6-1-2-7(5-13)14-10(6)4-9(8)12/h1-4H. The Labute approximate surface area is 88.1 Å². The van der Waals surface area contributed by atoms with Crippen molar-refractivity contribution in [1.29, 1.82) is 5.26 Å². The Morgan fingerprint density at radius 2 is 2.14 bits per heavy atom. The van der Waals surface area contributed by atoms with Gasteiger partial charge in [0.2, 0.25) is 0 Å². The van der Waals surface area contributed by atoms with Gasteiger partial charge in [-0.05, 0) is 34.1 Å². The van der Waals surface area contributed by atoms with Crippen molar-refractivity contribution < 1.29 is 4.39 Å². The topological polar surface area (TPSA) is 36.7 Å². The molecule has 0 N–H and O–H groups in total. The number of rotatable bonds is 0. The van der Waals surface area contributed by atoms with Crippen molar-refractivity contribution in [2.24, 2.45) is 0 Å². The summed E-state index contributed by atoms with van der Waals surface area (Å²) in [6.45, 7) is 0. The lowest BCUT2D eigenvalue weighted by atomic mass is 10.2. The van der Waals surface area contributed by atoms with Gasteiger partial charge in [0.05, 0.1) is 9.99 Å². The maximum absolute atomic E-state index is 13.1. The highest BCUT2D eigenvalue weighted by Gasteiger charge is 2.03. The van der Waals surface area contributed by atoms with Crippen LogP contribution in [0.3, 0.4) is 0 Å². The summed E-state index contributed by atoms with van der Waals surface area (Å²) in [7, 11) is 0. The minimum Gasteiger partial charge on any atom is -0.237 e. The van der Waals surface area contributed by atoms with Crippen LogP contribution in [0.1, 0.15) is 5.69 Å². The van der Waals surface area contributed by atoms with Crippen LogP contribution >= 0.6 is 15.9 Å². The Kier molecular flexibility index (Phi) is 2.18. The van der Waals surface area contributed by atoms with Gasteiger partial charge in [0, 0.05) is 11.5 Å². The van der Waals surface area contributed by atoms with E-state index in [9.17, 15) is 4.39 Å². The SMILES string of the molecule is N#Cc1ccc2cc(Br)c(F)cc2n1. The molecule has 1 aromatic heterocycles. The van der Waals surface area contributed by atoms with E-state index in [0.717, 1.165) is 5.39 Å². The molecule has 68 valence electrons. The first-order valence-corrected chi connectivity index (χ1v) is 4.66. The minimum atomic E-state index is -0.375. The molecule has 4 heteroatoms. The van der Waals surface area contributed by atoms with Crippen molar-refractivity contribution in [3.05, 3.63) is 40.2 Å². The maximum Gasteiger partial charge on any atom is 0.141 e. The molecule has 0 aliphatic rings. The molecule has 0 aliphatic heterocycles. The van der Waals surface area contributed by atoms with Crippen molar-refractivity contribution in [3.63, 3.8) is 0 Å². The van der Waals surface area contributed by atoms with Crippen LogP contribution in [0.15, 0.2) is 28.7 Å². The summed E-state index contributed by atoms with van der Waals surface area (Å²) in [5.41, 5.74) is 0.781. The van der Waals surface area contributed by atoms with Gasteiger partial charge in [-0.2, -0.15) is 5.26 Å². The van der Waals surface area contributed by atoms with Gasteiger partial charge in [-0.15, -0.1) is 0 Å². The predicted octanol–water partition coefficient (Wildman–Crippen LogP) is 3.01. The average Bonchev–Trinajstić information content (AvgIpc) is 2.19. The largest absolute Gasteiger partial charge is 0.237 e. The molecule has 0 aliphatic carbocycles. The normalized spacial score (nSPS) is 10.1. The molecule has 0 fully saturated rings. The Hall–Kier alpha value is -1.47. The van der Waals surface area contributed by atoms with E-state index in [1.807, 2.05) is 6.07 Å². The van der Waals surface area contributed by atoms with E-state index in [2.05, 4.69) is 20.9 Å². The fraction of sp³-hybridized carbons (Fsp3) is 0. The van der Waals surface area contributed by atoms with E-state index in [1.165, 1.54) is 6.07 Å². The first-order valence-electron chi connectivity index (χ1n) is 3.86. The Bertz CT molecular complexity index is 546. The van der Waals surface area contributed by atoms with Crippen LogP contribution in [0.5, 0.6) is 0 Å². The lowest BCUT2D eigenvalue weighted by molar-refractivity contribution is 0.623. The van der Waals surface area contributed by atoms with E-state index in [-0.39, 0.29) is 5.82 Å². The predicted molar refractivity (Wildman–Crippen MR) is 54.1 cm³/mol. The van der Waals surface area contributed by atoms with Crippen LogP contribution < -0.4 is 0 Å². The van der Waals surface area contributed by atoms with Gasteiger partial charge in [-0.1, -0.05) is 0 Å². The molecule has 1 aromatic carbocycles. The second-order valence-corrected chi connectivity index (χ2v) is 3.62. The van der Waals surface area contributed by atoms with E-state index >= 15 is 0 Å². The van der Waals surface area contributed by atoms with Gasteiger partial charge in [0.25, 0.3) is 0 Å². The third-order valence-electron chi connectivity index (χ3n) is 1.85. The van der Waals surface area contributed by atoms with E-state index in [1.54, 1.807) is 18.2 Å². The molecule has 14 heavy (non-hydrogen) atoms. The summed E-state index contributed by atoms with van der Waals surface area (Å²) >= 11 is 3.08. The van der Waals surface area contributed by atoms with E-state index < -0.39 is 0 Å². The van der Waals surface area contributed by atoms with Crippen LogP contribution in [-0.2, 0) is 0 Å². The number of aromatic nitrogens is 1. The lowest BCUT2D eigenvalue weighted by Gasteiger charge is -1.99. The summed E-state index contributed by atoms with van der Waals surface area (Å²) < 4.78 is 13.5. The zero-order valence-corrected chi connectivity index (χ0v) is 8.55. The Morgan fingerprint density at radius 3 is 2.86 bits per heavy atom. The van der Waals surface area contributed by atoms with Gasteiger partial charge < -0.3 is 0 Å². The van der Waals surface area contributed by atoms with Gasteiger partial charge in [-0.25, -0.2) is 9.37 Å². The lowest BCUT2D eigenvalue weighted by Crippen LogP contribution is -1.86. The highest BCUT2D eigenvalue weighted by molar-refractivity contribution is 9.10. The van der Waals surface area contributed by atoms with E-state index in [0.29, 0.717) is 15.7 Å². The summed E-state index contributed by atoms with van der Waals surface area (Å²) in [5, 5.41) is 9.41. The number of nitrogens with zero attached hydrogens (tertiary/aromatic N) is 2. The first kappa shape index (κ1) is 9.10. The second-order valence-electron chi connectivity index (χ2n) is 2.77. The number of hydrogen-bond donors (Lipinski definition) is 0. The molecule has 1 heterocycles. The Morgan fingerprint density at radius 1 is 1.36 bits per heavy atom. The van der Waals surface area contributed by atoms with Crippen molar-refractivity contribution in [3.8, 4) is 6.07 Å². The molecule has 2 rings (SSSR count). The van der Waals surface area contributed by atoms with Crippen molar-refractivity contribution >= 4 is 26.8 Å². The zero-order valence-electron chi connectivity index (χ0n) is 6.96. The monoisotopic (exact) mass is 250 g/mol. The number of pyridine rings is 1. The van der Waals surface area contributed by atoms with Gasteiger partial charge in [0.1, 0.15) is 17.6 Å². The number of fused-ring (bicyclic) bond motifs is 1. The molecule has 0 saturated carbocycles. The summed E-state index contributed by atoms with van der Waals surface area (Å²) in [4.78, 5) is 3.97. The molecule has 0 saturated heterocycles. The summed E-state index contributed by atoms with van der Waals surface area (Å²) in [6.07, 6.45) is 0. The molecule has 0 atom stereocenters. The molecule has 0 amide bonds. The molecule has 0 unspecified atom stereocenters. The third-order valence-corrected chi connectivity index (χ3v) is 2.45. The quantitative estimate of drug-likeness (QED) is 0.721. The molecular formula is C10H4BrFN2. The van der Waals surface area contributed by atoms with Crippen LogP contribution in [0.25, 0.3) is 10.9 Å². The fourth-order valence-corrected chi connectivity index (χ4v) is 1.54. The number of benzene rings is 1. The zero-order chi connectivity index (χ0) is 10.1. The molecule has 0 spiro atoms. The maximum atomic E-state index is 13.1. The molecular weight excluding hydrogens is 247 g/mol. The minimum absolute atomic E-state index is 0.291. The highest BCUT2D eigenvalue weighted by Crippen LogP contribution is 2.22. The van der Waals surface area contributed by atoms with Gasteiger partial charge >= 0.3 is 0 Å². The van der Waals surface area contributed by atoms with Crippen LogP contribution in [0.2, 0.25) is 0 Å². The molecule has 2 nitrogen and oxygen atoms in total.